The maximum Gasteiger partial charge on any atom is 0.168 e. The Morgan fingerprint density at radius 1 is 1.71 bits per heavy atom. The zero-order chi connectivity index (χ0) is 9.80. The number of hydrogen-bond donors (Lipinski definition) is 0. The molecule has 2 rings (SSSR count). The molecule has 6 heteroatoms. The largest absolute Gasteiger partial charge is 0.369 e. The summed E-state index contributed by atoms with van der Waals surface area (Å²) in [7, 11) is 0. The second-order valence-corrected chi connectivity index (χ2v) is 4.68. The summed E-state index contributed by atoms with van der Waals surface area (Å²) in [6, 6.07) is 0. The first-order valence-electron chi connectivity index (χ1n) is 4.35. The van der Waals surface area contributed by atoms with Gasteiger partial charge in [0.2, 0.25) is 0 Å². The smallest absolute Gasteiger partial charge is 0.168 e. The Hall–Kier alpha value is -0.460. The van der Waals surface area contributed by atoms with Crippen molar-refractivity contribution in [1.82, 2.24) is 8.75 Å². The summed E-state index contributed by atoms with van der Waals surface area (Å²) in [4.78, 5) is 11.7. The van der Waals surface area contributed by atoms with Crippen LogP contribution in [0.4, 0.5) is 0 Å². The number of nitrogens with zero attached hydrogens (tertiary/aromatic N) is 2. The molecule has 0 radical (unpaired) electrons. The highest BCUT2D eigenvalue weighted by Crippen LogP contribution is 2.14. The first-order chi connectivity index (χ1) is 6.86. The van der Waals surface area contributed by atoms with Gasteiger partial charge in [-0.3, -0.25) is 4.79 Å². The van der Waals surface area contributed by atoms with E-state index >= 15 is 0 Å². The quantitative estimate of drug-likeness (QED) is 0.768. The van der Waals surface area contributed by atoms with Crippen LogP contribution in [0.5, 0.6) is 0 Å². The van der Waals surface area contributed by atoms with Gasteiger partial charge in [-0.25, -0.2) is 0 Å². The number of ether oxygens (including phenoxy) is 1. The topological polar surface area (TPSA) is 52.1 Å². The summed E-state index contributed by atoms with van der Waals surface area (Å²) >= 11 is 2.89. The van der Waals surface area contributed by atoms with E-state index in [1.165, 1.54) is 0 Å². The Kier molecular flexibility index (Phi) is 3.49. The van der Waals surface area contributed by atoms with Gasteiger partial charge in [-0.2, -0.15) is 20.5 Å². The molecule has 1 aliphatic rings. The molecule has 0 N–H and O–H groups in total. The number of carbonyl (C=O) groups excluding carboxylic acids is 1. The highest BCUT2D eigenvalue weighted by Gasteiger charge is 2.22. The molecular weight excluding hydrogens is 220 g/mol. The van der Waals surface area contributed by atoms with E-state index in [1.807, 2.05) is 0 Å². The number of Topliss-reactive ketones (excluding diaryl/α,β-unsaturated/α-hetero) is 1. The van der Waals surface area contributed by atoms with Crippen molar-refractivity contribution in [3.8, 4) is 0 Å². The van der Waals surface area contributed by atoms with Crippen LogP contribution >= 0.6 is 23.5 Å². The van der Waals surface area contributed by atoms with Crippen LogP contribution in [0.15, 0.2) is 6.20 Å². The van der Waals surface area contributed by atoms with E-state index in [9.17, 15) is 4.79 Å². The SMILES string of the molecule is O=C(Cc1cnsn1)C1CSCCO1. The minimum Gasteiger partial charge on any atom is -0.369 e. The molecule has 1 atom stereocenters. The first kappa shape index (κ1) is 10.1. The van der Waals surface area contributed by atoms with Crippen molar-refractivity contribution in [3.05, 3.63) is 11.9 Å². The van der Waals surface area contributed by atoms with Crippen molar-refractivity contribution >= 4 is 29.3 Å². The lowest BCUT2D eigenvalue weighted by molar-refractivity contribution is -0.128. The maximum absolute atomic E-state index is 11.7. The normalized spacial score (nSPS) is 22.1. The van der Waals surface area contributed by atoms with Gasteiger partial charge in [0.05, 0.1) is 36.6 Å². The third-order valence-electron chi connectivity index (χ3n) is 1.94. The van der Waals surface area contributed by atoms with E-state index in [0.717, 1.165) is 28.9 Å². The number of carbonyl (C=O) groups is 1. The molecule has 0 aliphatic carbocycles. The Morgan fingerprint density at radius 2 is 2.64 bits per heavy atom. The van der Waals surface area contributed by atoms with Gasteiger partial charge < -0.3 is 4.74 Å². The lowest BCUT2D eigenvalue weighted by Crippen LogP contribution is -2.32. The highest BCUT2D eigenvalue weighted by molar-refractivity contribution is 7.99. The Morgan fingerprint density at radius 3 is 3.29 bits per heavy atom. The summed E-state index contributed by atoms with van der Waals surface area (Å²) in [5, 5.41) is 0. The number of ketones is 1. The molecule has 1 fully saturated rings. The van der Waals surface area contributed by atoms with Crippen LogP contribution < -0.4 is 0 Å². The molecule has 0 spiro atoms. The highest BCUT2D eigenvalue weighted by atomic mass is 32.2. The molecule has 1 aliphatic heterocycles. The van der Waals surface area contributed by atoms with Crippen molar-refractivity contribution in [2.24, 2.45) is 0 Å². The van der Waals surface area contributed by atoms with Gasteiger partial charge in [-0.05, 0) is 0 Å². The van der Waals surface area contributed by atoms with Crippen molar-refractivity contribution in [2.45, 2.75) is 12.5 Å². The lowest BCUT2D eigenvalue weighted by atomic mass is 10.1. The van der Waals surface area contributed by atoms with Crippen molar-refractivity contribution < 1.29 is 9.53 Å². The van der Waals surface area contributed by atoms with Gasteiger partial charge in [0, 0.05) is 11.5 Å². The van der Waals surface area contributed by atoms with E-state index in [0.29, 0.717) is 13.0 Å². The Labute approximate surface area is 90.4 Å². The molecule has 1 aromatic heterocycles. The summed E-state index contributed by atoms with van der Waals surface area (Å²) in [5.41, 5.74) is 0.749. The van der Waals surface area contributed by atoms with Gasteiger partial charge in [0.1, 0.15) is 6.10 Å². The third-order valence-corrected chi connectivity index (χ3v) is 3.45. The summed E-state index contributed by atoms with van der Waals surface area (Å²) < 4.78 is 13.2. The van der Waals surface area contributed by atoms with E-state index < -0.39 is 0 Å². The molecule has 1 saturated heterocycles. The molecule has 0 saturated carbocycles. The number of aromatic nitrogens is 2. The van der Waals surface area contributed by atoms with Crippen LogP contribution in [-0.2, 0) is 16.0 Å². The zero-order valence-electron chi connectivity index (χ0n) is 7.51. The average Bonchev–Trinajstić information content (AvgIpc) is 2.72. The average molecular weight is 230 g/mol. The van der Waals surface area contributed by atoms with Gasteiger partial charge in [-0.15, -0.1) is 0 Å². The van der Waals surface area contributed by atoms with Crippen molar-refractivity contribution in [3.63, 3.8) is 0 Å². The molecule has 0 bridgehead atoms. The summed E-state index contributed by atoms with van der Waals surface area (Å²) in [6.45, 7) is 0.677. The second-order valence-electron chi connectivity index (χ2n) is 2.98. The molecule has 0 amide bonds. The van der Waals surface area contributed by atoms with E-state index in [-0.39, 0.29) is 11.9 Å². The number of thioether (sulfide) groups is 1. The molecule has 0 aromatic carbocycles. The Balaban J connectivity index is 1.88. The number of rotatable bonds is 3. The Bertz CT molecular complexity index is 296. The predicted molar refractivity (Wildman–Crippen MR) is 55.7 cm³/mol. The minimum atomic E-state index is -0.240. The molecule has 4 nitrogen and oxygen atoms in total. The zero-order valence-corrected chi connectivity index (χ0v) is 9.14. The van der Waals surface area contributed by atoms with Gasteiger partial charge in [0.15, 0.2) is 5.78 Å². The summed E-state index contributed by atoms with van der Waals surface area (Å²) in [6.07, 6.45) is 1.75. The van der Waals surface area contributed by atoms with Gasteiger partial charge >= 0.3 is 0 Å². The first-order valence-corrected chi connectivity index (χ1v) is 6.23. The second kappa shape index (κ2) is 4.86. The molecule has 76 valence electrons. The van der Waals surface area contributed by atoms with E-state index in [1.54, 1.807) is 18.0 Å². The van der Waals surface area contributed by atoms with Gasteiger partial charge in [0.25, 0.3) is 0 Å². The molecule has 14 heavy (non-hydrogen) atoms. The van der Waals surface area contributed by atoms with E-state index in [4.69, 9.17) is 4.74 Å². The summed E-state index contributed by atoms with van der Waals surface area (Å²) in [5.74, 6) is 1.88. The fraction of sp³-hybridized carbons (Fsp3) is 0.625. The van der Waals surface area contributed by atoms with Crippen LogP contribution in [0, 0.1) is 0 Å². The fourth-order valence-corrected chi connectivity index (χ4v) is 2.54. The van der Waals surface area contributed by atoms with Crippen LogP contribution in [0.2, 0.25) is 0 Å². The molecule has 2 heterocycles. The van der Waals surface area contributed by atoms with E-state index in [2.05, 4.69) is 8.75 Å². The van der Waals surface area contributed by atoms with Crippen molar-refractivity contribution in [1.29, 1.82) is 0 Å². The monoisotopic (exact) mass is 230 g/mol. The van der Waals surface area contributed by atoms with Crippen LogP contribution in [-0.4, -0.2) is 38.7 Å². The van der Waals surface area contributed by atoms with Crippen molar-refractivity contribution in [2.75, 3.05) is 18.1 Å². The molecular formula is C8H10N2O2S2. The van der Waals surface area contributed by atoms with Gasteiger partial charge in [-0.1, -0.05) is 0 Å². The number of hydrogen-bond acceptors (Lipinski definition) is 6. The minimum absolute atomic E-state index is 0.116. The van der Waals surface area contributed by atoms with Crippen LogP contribution in [0.3, 0.4) is 0 Å². The fourth-order valence-electron chi connectivity index (χ4n) is 1.23. The van der Waals surface area contributed by atoms with Crippen LogP contribution in [0.25, 0.3) is 0 Å². The lowest BCUT2D eigenvalue weighted by Gasteiger charge is -2.20. The molecule has 1 unspecified atom stereocenters. The molecule has 1 aromatic rings. The standard InChI is InChI=1S/C8H10N2O2S2/c11-7(3-6-4-9-14-10-6)8-5-13-2-1-12-8/h4,8H,1-3,5H2. The maximum atomic E-state index is 11.7. The predicted octanol–water partition coefficient (Wildman–Crippen LogP) is 0.782. The van der Waals surface area contributed by atoms with Crippen LogP contribution in [0.1, 0.15) is 5.69 Å². The third kappa shape index (κ3) is 2.52.